The number of fused-ring (bicyclic) bond motifs is 1. The van der Waals surface area contributed by atoms with E-state index in [9.17, 15) is 0 Å². The molecule has 120 valence electrons. The fourth-order valence-corrected chi connectivity index (χ4v) is 3.16. The monoisotopic (exact) mass is 311 g/mol. The third-order valence-electron chi connectivity index (χ3n) is 4.15. The van der Waals surface area contributed by atoms with Crippen LogP contribution in [0.4, 0.5) is 0 Å². The van der Waals surface area contributed by atoms with E-state index in [0.29, 0.717) is 6.61 Å². The lowest BCUT2D eigenvalue weighted by Gasteiger charge is -2.15. The van der Waals surface area contributed by atoms with E-state index < -0.39 is 0 Å². The summed E-state index contributed by atoms with van der Waals surface area (Å²) in [6.07, 6.45) is 1.82. The Bertz CT molecular complexity index is 868. The van der Waals surface area contributed by atoms with E-state index in [1.54, 1.807) is 7.11 Å². The maximum atomic E-state index is 5.59. The summed E-state index contributed by atoms with van der Waals surface area (Å²) in [5.74, 6) is 1.58. The van der Waals surface area contributed by atoms with Crippen LogP contribution in [0.2, 0.25) is 0 Å². The number of benzene rings is 1. The number of aryl methyl sites for hydroxylation is 3. The highest BCUT2D eigenvalue weighted by Crippen LogP contribution is 2.35. The van der Waals surface area contributed by atoms with Crippen molar-refractivity contribution in [2.24, 2.45) is 0 Å². The van der Waals surface area contributed by atoms with Crippen molar-refractivity contribution in [3.05, 3.63) is 41.5 Å². The maximum absolute atomic E-state index is 5.59. The molecule has 0 atom stereocenters. The zero-order valence-electron chi connectivity index (χ0n) is 14.2. The van der Waals surface area contributed by atoms with Gasteiger partial charge >= 0.3 is 0 Å². The van der Waals surface area contributed by atoms with Crippen molar-refractivity contribution >= 4 is 10.8 Å². The van der Waals surface area contributed by atoms with Crippen LogP contribution in [0.5, 0.6) is 11.5 Å². The largest absolute Gasteiger partial charge is 0.494 e. The van der Waals surface area contributed by atoms with Crippen molar-refractivity contribution in [1.82, 2.24) is 14.8 Å². The number of hydrogen-bond acceptors (Lipinski definition) is 4. The van der Waals surface area contributed by atoms with Gasteiger partial charge < -0.3 is 14.0 Å². The fourth-order valence-electron chi connectivity index (χ4n) is 3.16. The van der Waals surface area contributed by atoms with Crippen LogP contribution in [-0.2, 0) is 0 Å². The average molecular weight is 311 g/mol. The predicted octanol–water partition coefficient (Wildman–Crippen LogP) is 3.75. The Labute approximate surface area is 135 Å². The quantitative estimate of drug-likeness (QED) is 0.736. The molecule has 0 N–H and O–H groups in total. The summed E-state index contributed by atoms with van der Waals surface area (Å²) in [7, 11) is 1.68. The number of methoxy groups -OCH3 is 1. The van der Waals surface area contributed by atoms with Crippen LogP contribution in [-0.4, -0.2) is 28.5 Å². The van der Waals surface area contributed by atoms with Crippen LogP contribution in [0, 0.1) is 20.8 Å². The zero-order valence-corrected chi connectivity index (χ0v) is 14.2. The first-order chi connectivity index (χ1) is 11.1. The molecule has 0 saturated heterocycles. The second kappa shape index (κ2) is 5.91. The summed E-state index contributed by atoms with van der Waals surface area (Å²) in [6.45, 7) is 8.77. The standard InChI is InChI=1S/C18H21N3O2/c1-6-23-14-7-8-16(17(9-14)22-5)21-12(3)15-10-19-20-11(2)18(15)13(21)4/h7-10H,6H2,1-5H3. The molecule has 2 heterocycles. The van der Waals surface area contributed by atoms with Crippen molar-refractivity contribution in [1.29, 1.82) is 0 Å². The third kappa shape index (κ3) is 2.42. The molecule has 0 amide bonds. The van der Waals surface area contributed by atoms with Gasteiger partial charge in [-0.05, 0) is 39.8 Å². The Morgan fingerprint density at radius 1 is 1.13 bits per heavy atom. The first-order valence-electron chi connectivity index (χ1n) is 7.69. The number of nitrogens with zero attached hydrogens (tertiary/aromatic N) is 3. The Hall–Kier alpha value is -2.56. The summed E-state index contributed by atoms with van der Waals surface area (Å²) in [6, 6.07) is 5.92. The number of hydrogen-bond donors (Lipinski definition) is 0. The van der Waals surface area contributed by atoms with Gasteiger partial charge in [0, 0.05) is 28.2 Å². The second-order valence-corrected chi connectivity index (χ2v) is 5.49. The lowest BCUT2D eigenvalue weighted by Crippen LogP contribution is -2.02. The van der Waals surface area contributed by atoms with Crippen molar-refractivity contribution in [3.8, 4) is 17.2 Å². The minimum absolute atomic E-state index is 0.629. The van der Waals surface area contributed by atoms with E-state index in [1.165, 1.54) is 0 Å². The van der Waals surface area contributed by atoms with Crippen LogP contribution >= 0.6 is 0 Å². The summed E-state index contributed by atoms with van der Waals surface area (Å²) >= 11 is 0. The molecule has 0 radical (unpaired) electrons. The number of ether oxygens (including phenoxy) is 2. The van der Waals surface area contributed by atoms with E-state index in [-0.39, 0.29) is 0 Å². The lowest BCUT2D eigenvalue weighted by molar-refractivity contribution is 0.336. The van der Waals surface area contributed by atoms with Gasteiger partial charge in [-0.25, -0.2) is 0 Å². The highest BCUT2D eigenvalue weighted by atomic mass is 16.5. The Morgan fingerprint density at radius 3 is 2.57 bits per heavy atom. The fraction of sp³-hybridized carbons (Fsp3) is 0.333. The highest BCUT2D eigenvalue weighted by Gasteiger charge is 2.18. The minimum atomic E-state index is 0.629. The zero-order chi connectivity index (χ0) is 16.6. The molecular weight excluding hydrogens is 290 g/mol. The topological polar surface area (TPSA) is 49.2 Å². The molecule has 0 saturated carbocycles. The summed E-state index contributed by atoms with van der Waals surface area (Å²) in [4.78, 5) is 0. The molecule has 5 nitrogen and oxygen atoms in total. The van der Waals surface area contributed by atoms with Gasteiger partial charge in [0.1, 0.15) is 11.5 Å². The SMILES string of the molecule is CCOc1ccc(-n2c(C)c3cnnc(C)c3c2C)c(OC)c1. The molecule has 1 aromatic carbocycles. The molecule has 23 heavy (non-hydrogen) atoms. The minimum Gasteiger partial charge on any atom is -0.494 e. The second-order valence-electron chi connectivity index (χ2n) is 5.49. The van der Waals surface area contributed by atoms with Crippen molar-refractivity contribution in [3.63, 3.8) is 0 Å². The molecule has 0 aliphatic carbocycles. The van der Waals surface area contributed by atoms with Gasteiger partial charge in [-0.2, -0.15) is 10.2 Å². The third-order valence-corrected chi connectivity index (χ3v) is 4.15. The van der Waals surface area contributed by atoms with E-state index in [2.05, 4.69) is 28.6 Å². The van der Waals surface area contributed by atoms with Gasteiger partial charge in [0.15, 0.2) is 0 Å². The van der Waals surface area contributed by atoms with Crippen molar-refractivity contribution in [2.75, 3.05) is 13.7 Å². The van der Waals surface area contributed by atoms with E-state index in [4.69, 9.17) is 9.47 Å². The van der Waals surface area contributed by atoms with Gasteiger partial charge in [-0.3, -0.25) is 0 Å². The molecule has 0 bridgehead atoms. The molecule has 3 rings (SSSR count). The van der Waals surface area contributed by atoms with Gasteiger partial charge in [-0.1, -0.05) is 0 Å². The summed E-state index contributed by atoms with van der Waals surface area (Å²) < 4.78 is 13.3. The molecule has 5 heteroatoms. The molecule has 0 aliphatic rings. The van der Waals surface area contributed by atoms with Crippen LogP contribution < -0.4 is 9.47 Å². The van der Waals surface area contributed by atoms with Crippen LogP contribution in [0.15, 0.2) is 24.4 Å². The molecular formula is C18H21N3O2. The predicted molar refractivity (Wildman–Crippen MR) is 90.8 cm³/mol. The van der Waals surface area contributed by atoms with Gasteiger partial charge in [-0.15, -0.1) is 0 Å². The van der Waals surface area contributed by atoms with Crippen molar-refractivity contribution in [2.45, 2.75) is 27.7 Å². The van der Waals surface area contributed by atoms with E-state index >= 15 is 0 Å². The average Bonchev–Trinajstić information content (AvgIpc) is 2.80. The van der Waals surface area contributed by atoms with Crippen LogP contribution in [0.3, 0.4) is 0 Å². The molecule has 3 aromatic rings. The van der Waals surface area contributed by atoms with Crippen molar-refractivity contribution < 1.29 is 9.47 Å². The summed E-state index contributed by atoms with van der Waals surface area (Å²) in [5, 5.41) is 10.5. The molecule has 2 aromatic heterocycles. The normalized spacial score (nSPS) is 11.0. The van der Waals surface area contributed by atoms with Crippen LogP contribution in [0.1, 0.15) is 24.0 Å². The van der Waals surface area contributed by atoms with Gasteiger partial charge in [0.2, 0.25) is 0 Å². The van der Waals surface area contributed by atoms with Crippen LogP contribution in [0.25, 0.3) is 16.5 Å². The number of aromatic nitrogens is 3. The highest BCUT2D eigenvalue weighted by molar-refractivity contribution is 5.90. The maximum Gasteiger partial charge on any atom is 0.146 e. The smallest absolute Gasteiger partial charge is 0.146 e. The first-order valence-corrected chi connectivity index (χ1v) is 7.69. The molecule has 0 unspecified atom stereocenters. The van der Waals surface area contributed by atoms with Gasteiger partial charge in [0.05, 0.1) is 31.3 Å². The van der Waals surface area contributed by atoms with E-state index in [1.807, 2.05) is 38.2 Å². The molecule has 0 spiro atoms. The molecule has 0 aliphatic heterocycles. The first kappa shape index (κ1) is 15.3. The Balaban J connectivity index is 2.27. The van der Waals surface area contributed by atoms with E-state index in [0.717, 1.165) is 45.0 Å². The Kier molecular flexibility index (Phi) is 3.94. The number of rotatable bonds is 4. The molecule has 0 fully saturated rings. The Morgan fingerprint density at radius 2 is 1.91 bits per heavy atom. The lowest BCUT2D eigenvalue weighted by atomic mass is 10.2. The van der Waals surface area contributed by atoms with Gasteiger partial charge in [0.25, 0.3) is 0 Å². The summed E-state index contributed by atoms with van der Waals surface area (Å²) in [5.41, 5.74) is 4.18.